The van der Waals surface area contributed by atoms with Crippen LogP contribution in [0.4, 0.5) is 15.9 Å². The van der Waals surface area contributed by atoms with Crippen molar-refractivity contribution < 1.29 is 19.1 Å². The fraction of sp³-hybridized carbons (Fsp3) is 0.154. The number of nitrogens with two attached hydrogens (primary N) is 2. The molecule has 21 heavy (non-hydrogen) atoms. The Morgan fingerprint density at radius 3 is 2.71 bits per heavy atom. The lowest BCUT2D eigenvalue weighted by Crippen LogP contribution is -2.34. The van der Waals surface area contributed by atoms with Crippen molar-refractivity contribution in [2.24, 2.45) is 5.73 Å². The molecule has 0 aliphatic rings. The summed E-state index contributed by atoms with van der Waals surface area (Å²) in [5.41, 5.74) is 10.9. The van der Waals surface area contributed by atoms with E-state index in [2.05, 4.69) is 10.3 Å². The number of benzene rings is 1. The molecule has 1 aromatic heterocycles. The summed E-state index contributed by atoms with van der Waals surface area (Å²) in [5, 5.41) is 12.5. The maximum atomic E-state index is 13.5. The smallest absolute Gasteiger partial charge is 0.326 e. The van der Waals surface area contributed by atoms with Crippen molar-refractivity contribution in [3.8, 4) is 0 Å². The lowest BCUT2D eigenvalue weighted by atomic mass is 10.1. The largest absolute Gasteiger partial charge is 0.480 e. The summed E-state index contributed by atoms with van der Waals surface area (Å²) in [6.45, 7) is 0. The maximum absolute atomic E-state index is 13.5. The predicted octanol–water partition coefficient (Wildman–Crippen LogP) is 0.697. The van der Waals surface area contributed by atoms with E-state index in [1.807, 2.05) is 0 Å². The molecule has 1 unspecified atom stereocenters. The van der Waals surface area contributed by atoms with Gasteiger partial charge in [0.05, 0.1) is 6.42 Å². The number of aliphatic carboxylic acids is 1. The van der Waals surface area contributed by atoms with Crippen LogP contribution in [0.5, 0.6) is 0 Å². The van der Waals surface area contributed by atoms with Crippen molar-refractivity contribution in [1.82, 2.24) is 4.98 Å². The third kappa shape index (κ3) is 3.16. The summed E-state index contributed by atoms with van der Waals surface area (Å²) in [4.78, 5) is 26.0. The highest BCUT2D eigenvalue weighted by molar-refractivity contribution is 6.00. The first-order valence-corrected chi connectivity index (χ1v) is 6.00. The van der Waals surface area contributed by atoms with Crippen LogP contribution in [0, 0.1) is 5.82 Å². The first-order chi connectivity index (χ1) is 9.88. The van der Waals surface area contributed by atoms with Gasteiger partial charge in [0.25, 0.3) is 0 Å². The van der Waals surface area contributed by atoms with Gasteiger partial charge in [-0.05, 0) is 18.2 Å². The monoisotopic (exact) mass is 292 g/mol. The van der Waals surface area contributed by atoms with Crippen LogP contribution in [0.2, 0.25) is 0 Å². The van der Waals surface area contributed by atoms with E-state index in [1.54, 1.807) is 6.07 Å². The molecule has 0 aliphatic heterocycles. The molecule has 0 spiro atoms. The molecule has 2 rings (SSSR count). The summed E-state index contributed by atoms with van der Waals surface area (Å²) < 4.78 is 13.5. The highest BCUT2D eigenvalue weighted by atomic mass is 19.1. The van der Waals surface area contributed by atoms with Crippen molar-refractivity contribution in [3.05, 3.63) is 30.2 Å². The minimum atomic E-state index is -1.27. The van der Waals surface area contributed by atoms with Crippen LogP contribution in [0.1, 0.15) is 6.42 Å². The standard InChI is InChI=1S/C13H13FN4O3/c14-6-3-8-7(9(15)4-6)1-2-17-12(8)18-10(13(20)21)5-11(16)19/h1-4,10H,5,15H2,(H2,16,19)(H,17,18)(H,20,21). The molecule has 7 nitrogen and oxygen atoms in total. The number of carbonyl (C=O) groups is 2. The molecule has 0 bridgehead atoms. The molecular formula is C13H13FN4O3. The zero-order chi connectivity index (χ0) is 15.6. The van der Waals surface area contributed by atoms with E-state index in [0.717, 1.165) is 6.07 Å². The van der Waals surface area contributed by atoms with Gasteiger partial charge < -0.3 is 21.9 Å². The van der Waals surface area contributed by atoms with Crippen molar-refractivity contribution in [3.63, 3.8) is 0 Å². The van der Waals surface area contributed by atoms with Gasteiger partial charge in [-0.2, -0.15) is 0 Å². The zero-order valence-corrected chi connectivity index (χ0v) is 10.8. The summed E-state index contributed by atoms with van der Waals surface area (Å²) >= 11 is 0. The molecule has 1 heterocycles. The Labute approximate surface area is 118 Å². The second-order valence-corrected chi connectivity index (χ2v) is 4.46. The Hall–Kier alpha value is -2.90. The number of nitrogens with zero attached hydrogens (tertiary/aromatic N) is 1. The van der Waals surface area contributed by atoms with Crippen LogP contribution < -0.4 is 16.8 Å². The first-order valence-electron chi connectivity index (χ1n) is 6.00. The normalized spacial score (nSPS) is 12.0. The van der Waals surface area contributed by atoms with E-state index in [4.69, 9.17) is 16.6 Å². The first kappa shape index (κ1) is 14.5. The summed E-state index contributed by atoms with van der Waals surface area (Å²) in [6, 6.07) is 2.66. The van der Waals surface area contributed by atoms with Gasteiger partial charge in [-0.1, -0.05) is 0 Å². The van der Waals surface area contributed by atoms with Gasteiger partial charge >= 0.3 is 5.97 Å². The Kier molecular flexibility index (Phi) is 3.88. The molecule has 6 N–H and O–H groups in total. The lowest BCUT2D eigenvalue weighted by molar-refractivity contribution is -0.139. The highest BCUT2D eigenvalue weighted by Crippen LogP contribution is 2.27. The zero-order valence-electron chi connectivity index (χ0n) is 10.8. The van der Waals surface area contributed by atoms with Gasteiger partial charge in [-0.3, -0.25) is 4.79 Å². The van der Waals surface area contributed by atoms with Gasteiger partial charge in [-0.25, -0.2) is 14.2 Å². The van der Waals surface area contributed by atoms with E-state index >= 15 is 0 Å². The van der Waals surface area contributed by atoms with Crippen molar-refractivity contribution >= 4 is 34.2 Å². The quantitative estimate of drug-likeness (QED) is 0.600. The Morgan fingerprint density at radius 1 is 1.38 bits per heavy atom. The molecule has 0 saturated carbocycles. The Morgan fingerprint density at radius 2 is 2.10 bits per heavy atom. The number of fused-ring (bicyclic) bond motifs is 1. The molecule has 0 aliphatic carbocycles. The van der Waals surface area contributed by atoms with Crippen LogP contribution in [0.3, 0.4) is 0 Å². The number of nitrogen functional groups attached to an aromatic ring is 1. The van der Waals surface area contributed by atoms with Crippen LogP contribution in [0.25, 0.3) is 10.8 Å². The number of nitrogens with one attached hydrogen (secondary N) is 1. The minimum Gasteiger partial charge on any atom is -0.480 e. The van der Waals surface area contributed by atoms with Crippen LogP contribution in [0.15, 0.2) is 24.4 Å². The fourth-order valence-corrected chi connectivity index (χ4v) is 1.96. The van der Waals surface area contributed by atoms with E-state index < -0.39 is 30.2 Å². The fourth-order valence-electron chi connectivity index (χ4n) is 1.96. The molecule has 1 atom stereocenters. The minimum absolute atomic E-state index is 0.118. The van der Waals surface area contributed by atoms with E-state index in [0.29, 0.717) is 10.8 Å². The number of hydrogen-bond donors (Lipinski definition) is 4. The lowest BCUT2D eigenvalue weighted by Gasteiger charge is -2.15. The Bertz CT molecular complexity index is 720. The Balaban J connectivity index is 2.46. The SMILES string of the molecule is NC(=O)CC(Nc1nccc2c(N)cc(F)cc12)C(=O)O. The predicted molar refractivity (Wildman–Crippen MR) is 75.0 cm³/mol. The molecule has 110 valence electrons. The molecule has 0 fully saturated rings. The number of rotatable bonds is 5. The third-order valence-corrected chi connectivity index (χ3v) is 2.89. The summed E-state index contributed by atoms with van der Waals surface area (Å²) in [7, 11) is 0. The van der Waals surface area contributed by atoms with Gasteiger partial charge in [-0.15, -0.1) is 0 Å². The molecule has 1 amide bonds. The van der Waals surface area contributed by atoms with E-state index in [9.17, 15) is 14.0 Å². The van der Waals surface area contributed by atoms with Crippen LogP contribution in [-0.2, 0) is 9.59 Å². The van der Waals surface area contributed by atoms with Crippen molar-refractivity contribution in [2.75, 3.05) is 11.1 Å². The average molecular weight is 292 g/mol. The third-order valence-electron chi connectivity index (χ3n) is 2.89. The van der Waals surface area contributed by atoms with Crippen molar-refractivity contribution in [1.29, 1.82) is 0 Å². The van der Waals surface area contributed by atoms with Gasteiger partial charge in [0.1, 0.15) is 17.7 Å². The molecule has 1 aromatic carbocycles. The number of pyridine rings is 1. The van der Waals surface area contributed by atoms with Crippen LogP contribution >= 0.6 is 0 Å². The molecule has 0 radical (unpaired) electrons. The number of halogens is 1. The topological polar surface area (TPSA) is 131 Å². The number of carboxylic acid groups (broad SMARTS) is 1. The van der Waals surface area contributed by atoms with Gasteiger partial charge in [0.15, 0.2) is 0 Å². The molecule has 2 aromatic rings. The summed E-state index contributed by atoms with van der Waals surface area (Å²) in [5.74, 6) is -2.50. The molecule has 8 heteroatoms. The second kappa shape index (κ2) is 5.61. The van der Waals surface area contributed by atoms with E-state index in [1.165, 1.54) is 12.3 Å². The number of carbonyl (C=O) groups excluding carboxylic acids is 1. The maximum Gasteiger partial charge on any atom is 0.326 e. The van der Waals surface area contributed by atoms with Gasteiger partial charge in [0, 0.05) is 22.7 Å². The number of aromatic nitrogens is 1. The molecule has 0 saturated heterocycles. The number of amides is 1. The second-order valence-electron chi connectivity index (χ2n) is 4.46. The number of carboxylic acids is 1. The number of primary amides is 1. The number of anilines is 2. The number of hydrogen-bond acceptors (Lipinski definition) is 5. The summed E-state index contributed by atoms with van der Waals surface area (Å²) in [6.07, 6.45) is 0.986. The van der Waals surface area contributed by atoms with Gasteiger partial charge in [0.2, 0.25) is 5.91 Å². The average Bonchev–Trinajstić information content (AvgIpc) is 2.38. The van der Waals surface area contributed by atoms with Crippen LogP contribution in [-0.4, -0.2) is 28.0 Å². The highest BCUT2D eigenvalue weighted by Gasteiger charge is 2.21. The van der Waals surface area contributed by atoms with Crippen molar-refractivity contribution in [2.45, 2.75) is 12.5 Å². The van der Waals surface area contributed by atoms with E-state index in [-0.39, 0.29) is 11.5 Å². The molecular weight excluding hydrogens is 279 g/mol.